The lowest BCUT2D eigenvalue weighted by Gasteiger charge is -2.37. The van der Waals surface area contributed by atoms with E-state index in [0.29, 0.717) is 12.8 Å². The van der Waals surface area contributed by atoms with Crippen LogP contribution in [0.3, 0.4) is 0 Å². The van der Waals surface area contributed by atoms with Gasteiger partial charge in [0, 0.05) is 12.1 Å². The predicted molar refractivity (Wildman–Crippen MR) is 97.5 cm³/mol. The molecule has 1 N–H and O–H groups in total. The van der Waals surface area contributed by atoms with Crippen LogP contribution in [0.15, 0.2) is 0 Å². The average Bonchev–Trinajstić information content (AvgIpc) is 3.32. The Labute approximate surface area is 159 Å². The molecule has 4 fully saturated rings. The van der Waals surface area contributed by atoms with Crippen molar-refractivity contribution in [3.63, 3.8) is 0 Å². The summed E-state index contributed by atoms with van der Waals surface area (Å²) in [6.07, 6.45) is 5.54. The van der Waals surface area contributed by atoms with E-state index >= 15 is 0 Å². The molecule has 3 atom stereocenters. The minimum Gasteiger partial charge on any atom is -0.334 e. The molecule has 4 aliphatic rings. The Balaban J connectivity index is 1.50. The van der Waals surface area contributed by atoms with Crippen molar-refractivity contribution < 1.29 is 22.8 Å². The van der Waals surface area contributed by atoms with Crippen LogP contribution < -0.4 is 5.32 Å². The van der Waals surface area contributed by atoms with Crippen molar-refractivity contribution in [1.82, 2.24) is 15.1 Å². The minimum absolute atomic E-state index is 0.0175. The Morgan fingerprint density at radius 1 is 1.19 bits per heavy atom. The molecule has 2 aliphatic carbocycles. The number of carbonyl (C=O) groups excluding carboxylic acids is 3. The van der Waals surface area contributed by atoms with Crippen LogP contribution in [0.2, 0.25) is 0 Å². The summed E-state index contributed by atoms with van der Waals surface area (Å²) >= 11 is 0. The van der Waals surface area contributed by atoms with Gasteiger partial charge in [-0.25, -0.2) is 13.2 Å². The standard InChI is InChI=1S/C18H27N3O5S/c1-12-4-2-3-8-18(12)16(23)20(17(24)19-18)10-15(22)21(13-5-6-13)14-7-9-27(25,26)11-14/h12-14H,2-11H2,1H3,(H,19,24)/t12-,14+,18+/m0/s1. The first kappa shape index (κ1) is 18.7. The molecule has 0 unspecified atom stereocenters. The number of sulfone groups is 1. The summed E-state index contributed by atoms with van der Waals surface area (Å²) < 4.78 is 23.7. The number of nitrogens with one attached hydrogen (secondary N) is 1. The monoisotopic (exact) mass is 397 g/mol. The largest absolute Gasteiger partial charge is 0.334 e. The molecule has 4 rings (SSSR count). The van der Waals surface area contributed by atoms with Crippen molar-refractivity contribution in [3.05, 3.63) is 0 Å². The Hall–Kier alpha value is -1.64. The smallest absolute Gasteiger partial charge is 0.325 e. The molecule has 1 spiro atoms. The molecule has 0 bridgehead atoms. The molecule has 2 saturated carbocycles. The second-order valence-electron chi connectivity index (χ2n) is 8.53. The fraction of sp³-hybridized carbons (Fsp3) is 0.833. The maximum atomic E-state index is 13.0. The number of urea groups is 1. The van der Waals surface area contributed by atoms with E-state index in [1.54, 1.807) is 4.90 Å². The SMILES string of the molecule is C[C@H]1CCCC[C@@]12NC(=O)N(CC(=O)N(C1CC1)[C@@H]1CCS(=O)(=O)C1)C2=O. The van der Waals surface area contributed by atoms with Gasteiger partial charge in [-0.15, -0.1) is 0 Å². The average molecular weight is 397 g/mol. The van der Waals surface area contributed by atoms with Gasteiger partial charge in [-0.2, -0.15) is 0 Å². The second kappa shape index (κ2) is 6.46. The summed E-state index contributed by atoms with van der Waals surface area (Å²) in [5, 5.41) is 2.86. The Kier molecular flexibility index (Phi) is 4.48. The Morgan fingerprint density at radius 2 is 1.93 bits per heavy atom. The summed E-state index contributed by atoms with van der Waals surface area (Å²) in [6.45, 7) is 1.68. The van der Waals surface area contributed by atoms with Crippen molar-refractivity contribution in [2.24, 2.45) is 5.92 Å². The highest BCUT2D eigenvalue weighted by atomic mass is 32.2. The van der Waals surface area contributed by atoms with E-state index in [9.17, 15) is 22.8 Å². The molecule has 4 amide bonds. The van der Waals surface area contributed by atoms with E-state index in [4.69, 9.17) is 0 Å². The topological polar surface area (TPSA) is 104 Å². The number of nitrogens with zero attached hydrogens (tertiary/aromatic N) is 2. The summed E-state index contributed by atoms with van der Waals surface area (Å²) in [5.41, 5.74) is -0.878. The maximum absolute atomic E-state index is 13.0. The lowest BCUT2D eigenvalue weighted by molar-refractivity contribution is -0.141. The van der Waals surface area contributed by atoms with Gasteiger partial charge in [-0.05, 0) is 38.0 Å². The maximum Gasteiger partial charge on any atom is 0.325 e. The number of amides is 4. The van der Waals surface area contributed by atoms with Gasteiger partial charge >= 0.3 is 6.03 Å². The van der Waals surface area contributed by atoms with Crippen LogP contribution >= 0.6 is 0 Å². The predicted octanol–water partition coefficient (Wildman–Crippen LogP) is 0.665. The van der Waals surface area contributed by atoms with Crippen molar-refractivity contribution in [2.75, 3.05) is 18.1 Å². The molecule has 8 nitrogen and oxygen atoms in total. The van der Waals surface area contributed by atoms with Crippen LogP contribution in [0.4, 0.5) is 4.79 Å². The fourth-order valence-electron chi connectivity index (χ4n) is 4.91. The Morgan fingerprint density at radius 3 is 2.52 bits per heavy atom. The van der Waals surface area contributed by atoms with Gasteiger partial charge in [0.05, 0.1) is 11.5 Å². The number of imide groups is 1. The molecule has 2 aliphatic heterocycles. The normalized spacial score (nSPS) is 35.5. The van der Waals surface area contributed by atoms with E-state index in [-0.39, 0.29) is 47.9 Å². The van der Waals surface area contributed by atoms with Crippen LogP contribution in [0, 0.1) is 5.92 Å². The van der Waals surface area contributed by atoms with E-state index in [1.807, 2.05) is 6.92 Å². The summed E-state index contributed by atoms with van der Waals surface area (Å²) in [5.74, 6) is -0.498. The molecule has 2 saturated heterocycles. The van der Waals surface area contributed by atoms with Crippen molar-refractivity contribution in [1.29, 1.82) is 0 Å². The third-order valence-electron chi connectivity index (χ3n) is 6.62. The van der Waals surface area contributed by atoms with E-state index in [0.717, 1.165) is 37.0 Å². The molecule has 0 aromatic carbocycles. The van der Waals surface area contributed by atoms with Crippen molar-refractivity contribution in [3.8, 4) is 0 Å². The first-order chi connectivity index (χ1) is 12.7. The van der Waals surface area contributed by atoms with Crippen LogP contribution in [0.25, 0.3) is 0 Å². The molecule has 0 radical (unpaired) electrons. The summed E-state index contributed by atoms with van der Waals surface area (Å²) in [6, 6.07) is -0.797. The van der Waals surface area contributed by atoms with E-state index in [1.165, 1.54) is 0 Å². The Bertz CT molecular complexity index is 778. The molecule has 150 valence electrons. The molecular formula is C18H27N3O5S. The number of rotatable bonds is 4. The highest BCUT2D eigenvalue weighted by Gasteiger charge is 2.55. The third kappa shape index (κ3) is 3.23. The molecule has 0 aromatic heterocycles. The summed E-state index contributed by atoms with van der Waals surface area (Å²) in [4.78, 5) is 41.2. The van der Waals surface area contributed by atoms with Gasteiger partial charge in [0.1, 0.15) is 12.1 Å². The molecular weight excluding hydrogens is 370 g/mol. The zero-order valence-electron chi connectivity index (χ0n) is 15.6. The first-order valence-corrected chi connectivity index (χ1v) is 11.7. The van der Waals surface area contributed by atoms with E-state index < -0.39 is 21.4 Å². The van der Waals surface area contributed by atoms with E-state index in [2.05, 4.69) is 5.32 Å². The van der Waals surface area contributed by atoms with Gasteiger partial charge in [0.15, 0.2) is 9.84 Å². The van der Waals surface area contributed by atoms with Gasteiger partial charge in [0.2, 0.25) is 5.91 Å². The van der Waals surface area contributed by atoms with Crippen LogP contribution in [0.1, 0.15) is 51.9 Å². The number of hydrogen-bond acceptors (Lipinski definition) is 5. The zero-order valence-corrected chi connectivity index (χ0v) is 16.5. The molecule has 0 aromatic rings. The fourth-order valence-corrected chi connectivity index (χ4v) is 6.62. The van der Waals surface area contributed by atoms with Crippen molar-refractivity contribution >= 4 is 27.7 Å². The van der Waals surface area contributed by atoms with Gasteiger partial charge in [0.25, 0.3) is 5.91 Å². The lowest BCUT2D eigenvalue weighted by atomic mass is 9.73. The van der Waals surface area contributed by atoms with Gasteiger partial charge in [-0.1, -0.05) is 19.8 Å². The number of hydrogen-bond donors (Lipinski definition) is 1. The third-order valence-corrected chi connectivity index (χ3v) is 8.38. The van der Waals surface area contributed by atoms with Crippen LogP contribution in [-0.2, 0) is 19.4 Å². The van der Waals surface area contributed by atoms with Gasteiger partial charge < -0.3 is 10.2 Å². The first-order valence-electron chi connectivity index (χ1n) is 9.89. The molecule has 9 heteroatoms. The zero-order chi connectivity index (χ0) is 19.4. The number of carbonyl (C=O) groups is 3. The quantitative estimate of drug-likeness (QED) is 0.702. The summed E-state index contributed by atoms with van der Waals surface area (Å²) in [7, 11) is -3.11. The van der Waals surface area contributed by atoms with Crippen molar-refractivity contribution in [2.45, 2.75) is 69.5 Å². The highest BCUT2D eigenvalue weighted by Crippen LogP contribution is 2.38. The van der Waals surface area contributed by atoms with Crippen LogP contribution in [-0.4, -0.2) is 71.7 Å². The molecule has 27 heavy (non-hydrogen) atoms. The minimum atomic E-state index is -3.11. The van der Waals surface area contributed by atoms with Gasteiger partial charge in [-0.3, -0.25) is 14.5 Å². The lowest BCUT2D eigenvalue weighted by Crippen LogP contribution is -2.54. The second-order valence-corrected chi connectivity index (χ2v) is 10.8. The highest BCUT2D eigenvalue weighted by molar-refractivity contribution is 7.91. The van der Waals surface area contributed by atoms with Crippen LogP contribution in [0.5, 0.6) is 0 Å². The molecule has 2 heterocycles.